The summed E-state index contributed by atoms with van der Waals surface area (Å²) in [6, 6.07) is 14.7. The van der Waals surface area contributed by atoms with Gasteiger partial charge in [0, 0.05) is 31.4 Å². The number of benzene rings is 1. The summed E-state index contributed by atoms with van der Waals surface area (Å²) in [6.07, 6.45) is 3.93. The molecule has 1 N–H and O–H groups in total. The predicted octanol–water partition coefficient (Wildman–Crippen LogP) is 3.55. The number of hydrogen-bond donors (Lipinski definition) is 1. The minimum atomic E-state index is 0.140. The van der Waals surface area contributed by atoms with Crippen molar-refractivity contribution < 1.29 is 4.74 Å². The van der Waals surface area contributed by atoms with Gasteiger partial charge in [-0.05, 0) is 43.0 Å². The Morgan fingerprint density at radius 2 is 1.86 bits per heavy atom. The second-order valence-electron chi connectivity index (χ2n) is 5.78. The molecule has 1 aliphatic heterocycles. The molecule has 0 amide bonds. The Morgan fingerprint density at radius 1 is 1.10 bits per heavy atom. The topological polar surface area (TPSA) is 34.2 Å². The number of ether oxygens (including phenoxy) is 1. The van der Waals surface area contributed by atoms with Gasteiger partial charge in [0.05, 0.1) is 0 Å². The summed E-state index contributed by atoms with van der Waals surface area (Å²) < 4.78 is 5.59. The highest BCUT2D eigenvalue weighted by atomic mass is 16.5. The second kappa shape index (κ2) is 6.27. The van der Waals surface area contributed by atoms with Crippen molar-refractivity contribution in [3.63, 3.8) is 0 Å². The maximum Gasteiger partial charge on any atom is 0.125 e. The van der Waals surface area contributed by atoms with Crippen LogP contribution in [0.2, 0.25) is 0 Å². The Balaban J connectivity index is 1.85. The Morgan fingerprint density at radius 3 is 2.57 bits per heavy atom. The largest absolute Gasteiger partial charge is 0.381 e. The van der Waals surface area contributed by atoms with E-state index in [0.717, 1.165) is 38.4 Å². The van der Waals surface area contributed by atoms with Gasteiger partial charge in [0.25, 0.3) is 0 Å². The number of aromatic nitrogens is 1. The fourth-order valence-corrected chi connectivity index (χ4v) is 3.20. The number of aryl methyl sites for hydroxylation is 1. The predicted molar refractivity (Wildman–Crippen MR) is 85.6 cm³/mol. The molecule has 0 bridgehead atoms. The zero-order valence-electron chi connectivity index (χ0n) is 12.5. The lowest BCUT2D eigenvalue weighted by Crippen LogP contribution is -2.40. The highest BCUT2D eigenvalue weighted by Crippen LogP contribution is 2.36. The van der Waals surface area contributed by atoms with Crippen molar-refractivity contribution in [1.82, 2.24) is 4.98 Å². The Hall–Kier alpha value is -1.87. The van der Waals surface area contributed by atoms with Crippen LogP contribution in [0.5, 0.6) is 0 Å². The van der Waals surface area contributed by atoms with Crippen LogP contribution in [0.15, 0.2) is 48.7 Å². The average molecular weight is 282 g/mol. The molecule has 0 unspecified atom stereocenters. The normalized spacial score (nSPS) is 17.4. The Bertz CT molecular complexity index is 577. The summed E-state index contributed by atoms with van der Waals surface area (Å²) in [6.45, 7) is 4.77. The lowest BCUT2D eigenvalue weighted by atomic mass is 9.72. The minimum Gasteiger partial charge on any atom is -0.381 e. The Kier molecular flexibility index (Phi) is 4.20. The molecule has 110 valence electrons. The van der Waals surface area contributed by atoms with Crippen LogP contribution in [0.3, 0.4) is 0 Å². The van der Waals surface area contributed by atoms with Gasteiger partial charge < -0.3 is 10.1 Å². The van der Waals surface area contributed by atoms with Crippen LogP contribution in [0, 0.1) is 6.92 Å². The first-order valence-corrected chi connectivity index (χ1v) is 7.59. The first-order valence-electron chi connectivity index (χ1n) is 7.59. The molecule has 0 radical (unpaired) electrons. The van der Waals surface area contributed by atoms with Gasteiger partial charge in [-0.3, -0.25) is 0 Å². The van der Waals surface area contributed by atoms with E-state index in [1.165, 1.54) is 11.1 Å². The zero-order valence-corrected chi connectivity index (χ0v) is 12.5. The summed E-state index contributed by atoms with van der Waals surface area (Å²) in [4.78, 5) is 4.37. The van der Waals surface area contributed by atoms with Gasteiger partial charge in [0.2, 0.25) is 0 Å². The van der Waals surface area contributed by atoms with Crippen LogP contribution in [0.4, 0.5) is 5.82 Å². The van der Waals surface area contributed by atoms with E-state index in [0.29, 0.717) is 0 Å². The molecule has 2 heterocycles. The summed E-state index contributed by atoms with van der Waals surface area (Å²) in [5, 5.41) is 3.51. The van der Waals surface area contributed by atoms with Crippen molar-refractivity contribution in [2.45, 2.75) is 25.2 Å². The highest BCUT2D eigenvalue weighted by molar-refractivity contribution is 5.39. The molecule has 1 aromatic heterocycles. The third-order valence-electron chi connectivity index (χ3n) is 4.44. The standard InChI is InChI=1S/C18H22N2O/c1-15-6-2-3-7-16(15)18(9-12-21-13-10-18)14-20-17-8-4-5-11-19-17/h2-8,11H,9-10,12-14H2,1H3,(H,19,20). The number of rotatable bonds is 4. The van der Waals surface area contributed by atoms with Crippen molar-refractivity contribution in [3.05, 3.63) is 59.8 Å². The van der Waals surface area contributed by atoms with Gasteiger partial charge in [-0.15, -0.1) is 0 Å². The molecular weight excluding hydrogens is 260 g/mol. The lowest BCUT2D eigenvalue weighted by Gasteiger charge is -2.39. The van der Waals surface area contributed by atoms with Gasteiger partial charge in [-0.25, -0.2) is 4.98 Å². The van der Waals surface area contributed by atoms with Crippen LogP contribution in [0.25, 0.3) is 0 Å². The molecule has 1 aliphatic rings. The smallest absolute Gasteiger partial charge is 0.125 e. The number of nitrogens with one attached hydrogen (secondary N) is 1. The molecule has 3 nitrogen and oxygen atoms in total. The van der Waals surface area contributed by atoms with E-state index in [1.54, 1.807) is 0 Å². The third kappa shape index (κ3) is 3.08. The van der Waals surface area contributed by atoms with Crippen molar-refractivity contribution in [2.75, 3.05) is 25.1 Å². The number of anilines is 1. The lowest BCUT2D eigenvalue weighted by molar-refractivity contribution is 0.0541. The maximum absolute atomic E-state index is 5.59. The number of hydrogen-bond acceptors (Lipinski definition) is 3. The van der Waals surface area contributed by atoms with E-state index in [9.17, 15) is 0 Å². The fourth-order valence-electron chi connectivity index (χ4n) is 3.20. The number of nitrogens with zero attached hydrogens (tertiary/aromatic N) is 1. The minimum absolute atomic E-state index is 0.140. The summed E-state index contributed by atoms with van der Waals surface area (Å²) in [5.41, 5.74) is 2.94. The van der Waals surface area contributed by atoms with E-state index in [2.05, 4.69) is 41.5 Å². The first kappa shape index (κ1) is 14.1. The molecule has 2 aromatic rings. The summed E-state index contributed by atoms with van der Waals surface area (Å²) in [5.74, 6) is 0.942. The van der Waals surface area contributed by atoms with Gasteiger partial charge in [0.15, 0.2) is 0 Å². The van der Waals surface area contributed by atoms with E-state index >= 15 is 0 Å². The van der Waals surface area contributed by atoms with E-state index in [-0.39, 0.29) is 5.41 Å². The maximum atomic E-state index is 5.59. The molecule has 1 aromatic carbocycles. The molecule has 0 atom stereocenters. The van der Waals surface area contributed by atoms with Crippen LogP contribution in [-0.2, 0) is 10.2 Å². The zero-order chi connectivity index (χ0) is 14.5. The van der Waals surface area contributed by atoms with Crippen molar-refractivity contribution in [2.24, 2.45) is 0 Å². The van der Waals surface area contributed by atoms with E-state index < -0.39 is 0 Å². The summed E-state index contributed by atoms with van der Waals surface area (Å²) >= 11 is 0. The SMILES string of the molecule is Cc1ccccc1C1(CNc2ccccn2)CCOCC1. The molecule has 1 fully saturated rings. The summed E-state index contributed by atoms with van der Waals surface area (Å²) in [7, 11) is 0. The van der Waals surface area contributed by atoms with Gasteiger partial charge in [-0.1, -0.05) is 30.3 Å². The average Bonchev–Trinajstić information content (AvgIpc) is 2.55. The van der Waals surface area contributed by atoms with Crippen molar-refractivity contribution in [3.8, 4) is 0 Å². The van der Waals surface area contributed by atoms with Crippen LogP contribution in [0.1, 0.15) is 24.0 Å². The van der Waals surface area contributed by atoms with Gasteiger partial charge in [-0.2, -0.15) is 0 Å². The first-order chi connectivity index (χ1) is 10.3. The van der Waals surface area contributed by atoms with Gasteiger partial charge in [0.1, 0.15) is 5.82 Å². The van der Waals surface area contributed by atoms with E-state index in [1.807, 2.05) is 24.4 Å². The van der Waals surface area contributed by atoms with Crippen molar-refractivity contribution in [1.29, 1.82) is 0 Å². The molecule has 3 heteroatoms. The molecule has 0 saturated carbocycles. The molecular formula is C18H22N2O. The second-order valence-corrected chi connectivity index (χ2v) is 5.78. The van der Waals surface area contributed by atoms with Gasteiger partial charge >= 0.3 is 0 Å². The van der Waals surface area contributed by atoms with Crippen LogP contribution >= 0.6 is 0 Å². The highest BCUT2D eigenvalue weighted by Gasteiger charge is 2.35. The van der Waals surface area contributed by atoms with Crippen LogP contribution in [-0.4, -0.2) is 24.7 Å². The van der Waals surface area contributed by atoms with E-state index in [4.69, 9.17) is 4.74 Å². The number of pyridine rings is 1. The molecule has 3 rings (SSSR count). The fraction of sp³-hybridized carbons (Fsp3) is 0.389. The molecule has 1 saturated heterocycles. The van der Waals surface area contributed by atoms with Crippen molar-refractivity contribution >= 4 is 5.82 Å². The monoisotopic (exact) mass is 282 g/mol. The third-order valence-corrected chi connectivity index (χ3v) is 4.44. The Labute approximate surface area is 126 Å². The molecule has 0 spiro atoms. The molecule has 0 aliphatic carbocycles. The van der Waals surface area contributed by atoms with Crippen LogP contribution < -0.4 is 5.32 Å². The quantitative estimate of drug-likeness (QED) is 0.931. The molecule has 21 heavy (non-hydrogen) atoms.